The summed E-state index contributed by atoms with van der Waals surface area (Å²) >= 11 is 0. The maximum absolute atomic E-state index is 10.6. The van der Waals surface area contributed by atoms with Crippen LogP contribution in [0.1, 0.15) is 37.6 Å². The van der Waals surface area contributed by atoms with Crippen LogP contribution < -0.4 is 4.74 Å². The Kier molecular flexibility index (Phi) is 4.91. The van der Waals surface area contributed by atoms with Crippen LogP contribution in [0.3, 0.4) is 0 Å². The van der Waals surface area contributed by atoms with Gasteiger partial charge in [-0.1, -0.05) is 19.6 Å². The Morgan fingerprint density at radius 3 is 2.60 bits per heavy atom. The van der Waals surface area contributed by atoms with Gasteiger partial charge in [-0.3, -0.25) is 0 Å². The third-order valence-electron chi connectivity index (χ3n) is 4.12. The summed E-state index contributed by atoms with van der Waals surface area (Å²) in [5.41, 5.74) is 5.55. The molecule has 130 valence electrons. The van der Waals surface area contributed by atoms with Crippen LogP contribution in [0.15, 0.2) is 54.7 Å². The Morgan fingerprint density at radius 1 is 1.24 bits per heavy atom. The molecule has 0 aliphatic carbocycles. The van der Waals surface area contributed by atoms with Crippen LogP contribution >= 0.6 is 0 Å². The maximum atomic E-state index is 10.6. The highest BCUT2D eigenvalue weighted by molar-refractivity contribution is 5.68. The van der Waals surface area contributed by atoms with Gasteiger partial charge in [-0.05, 0) is 61.7 Å². The Morgan fingerprint density at radius 2 is 1.96 bits per heavy atom. The number of ether oxygens (including phenoxy) is 1. The topological polar surface area (TPSA) is 46.8 Å². The zero-order valence-corrected chi connectivity index (χ0v) is 15.0. The predicted molar refractivity (Wildman–Crippen MR) is 101 cm³/mol. The van der Waals surface area contributed by atoms with Crippen molar-refractivity contribution in [3.63, 3.8) is 0 Å². The van der Waals surface area contributed by atoms with Gasteiger partial charge in [0.05, 0.1) is 17.5 Å². The summed E-state index contributed by atoms with van der Waals surface area (Å²) in [5, 5.41) is 10.6. The summed E-state index contributed by atoms with van der Waals surface area (Å²) in [6, 6.07) is 11.8. The van der Waals surface area contributed by atoms with E-state index in [9.17, 15) is 5.11 Å². The number of hydrogen-bond acceptors (Lipinski definition) is 3. The molecular formula is C21H24N2O2. The van der Waals surface area contributed by atoms with Crippen LogP contribution in [0.4, 0.5) is 0 Å². The minimum Gasteiger partial charge on any atom is -0.489 e. The van der Waals surface area contributed by atoms with Crippen LogP contribution in [0.5, 0.6) is 5.75 Å². The first kappa shape index (κ1) is 17.2. The fraction of sp³-hybridized carbons (Fsp3) is 0.286. The van der Waals surface area contributed by atoms with Gasteiger partial charge in [0.15, 0.2) is 0 Å². The third kappa shape index (κ3) is 3.59. The van der Waals surface area contributed by atoms with E-state index in [1.807, 2.05) is 67.8 Å². The van der Waals surface area contributed by atoms with E-state index in [-0.39, 0.29) is 0 Å². The van der Waals surface area contributed by atoms with Crippen LogP contribution in [0, 0.1) is 6.92 Å². The molecule has 0 fully saturated rings. The number of aryl methyl sites for hydroxylation is 1. The van der Waals surface area contributed by atoms with Gasteiger partial charge in [0.1, 0.15) is 18.0 Å². The number of fused-ring (bicyclic) bond motifs is 1. The molecule has 0 radical (unpaired) electrons. The van der Waals surface area contributed by atoms with Gasteiger partial charge in [-0.25, -0.2) is 4.98 Å². The molecule has 0 amide bonds. The van der Waals surface area contributed by atoms with E-state index in [1.165, 1.54) is 0 Å². The minimum absolute atomic E-state index is 0.507. The molecule has 3 aromatic rings. The van der Waals surface area contributed by atoms with Gasteiger partial charge in [0.25, 0.3) is 0 Å². The maximum Gasteiger partial charge on any atom is 0.137 e. The molecule has 1 unspecified atom stereocenters. The molecule has 1 atom stereocenters. The Hall–Kier alpha value is -2.59. The largest absolute Gasteiger partial charge is 0.489 e. The second-order valence-electron chi connectivity index (χ2n) is 6.47. The zero-order valence-electron chi connectivity index (χ0n) is 15.0. The number of aliphatic hydroxyl groups is 1. The Labute approximate surface area is 148 Å². The molecule has 2 aromatic heterocycles. The second-order valence-corrected chi connectivity index (χ2v) is 6.47. The molecule has 3 rings (SSSR count). The fourth-order valence-corrected chi connectivity index (χ4v) is 2.81. The number of pyridine rings is 1. The van der Waals surface area contributed by atoms with Crippen LogP contribution in [-0.4, -0.2) is 21.1 Å². The van der Waals surface area contributed by atoms with E-state index in [1.54, 1.807) is 0 Å². The average Bonchev–Trinajstić information content (AvgIpc) is 2.98. The Bertz CT molecular complexity index is 894. The van der Waals surface area contributed by atoms with Gasteiger partial charge >= 0.3 is 0 Å². The van der Waals surface area contributed by atoms with Crippen LogP contribution in [-0.2, 0) is 0 Å². The van der Waals surface area contributed by atoms with E-state index >= 15 is 0 Å². The Balaban J connectivity index is 2.04. The molecule has 0 aliphatic heterocycles. The quantitative estimate of drug-likeness (QED) is 0.663. The molecule has 25 heavy (non-hydrogen) atoms. The molecule has 0 spiro atoms. The highest BCUT2D eigenvalue weighted by Crippen LogP contribution is 2.31. The normalized spacial score (nSPS) is 12.3. The zero-order chi connectivity index (χ0) is 18.0. The molecule has 2 heterocycles. The predicted octanol–water partition coefficient (Wildman–Crippen LogP) is 4.71. The average molecular weight is 336 g/mol. The summed E-state index contributed by atoms with van der Waals surface area (Å²) in [7, 11) is 0. The van der Waals surface area contributed by atoms with Gasteiger partial charge in [-0.2, -0.15) is 0 Å². The molecule has 4 nitrogen and oxygen atoms in total. The fourth-order valence-electron chi connectivity index (χ4n) is 2.81. The number of imidazole rings is 1. The number of aliphatic hydroxyl groups excluding tert-OH is 1. The number of aromatic nitrogens is 2. The summed E-state index contributed by atoms with van der Waals surface area (Å²) in [6.07, 6.45) is 2.09. The van der Waals surface area contributed by atoms with Crippen molar-refractivity contribution in [3.8, 4) is 17.0 Å². The summed E-state index contributed by atoms with van der Waals surface area (Å²) < 4.78 is 7.65. The van der Waals surface area contributed by atoms with Gasteiger partial charge in [0, 0.05) is 11.8 Å². The van der Waals surface area contributed by atoms with Crippen molar-refractivity contribution in [2.45, 2.75) is 33.3 Å². The highest BCUT2D eigenvalue weighted by atomic mass is 16.5. The first-order valence-electron chi connectivity index (χ1n) is 8.54. The van der Waals surface area contributed by atoms with E-state index < -0.39 is 6.10 Å². The van der Waals surface area contributed by atoms with E-state index in [2.05, 4.69) is 6.58 Å². The number of rotatable bonds is 6. The number of hydrogen-bond donors (Lipinski definition) is 1. The van der Waals surface area contributed by atoms with Crippen molar-refractivity contribution in [1.82, 2.24) is 9.38 Å². The monoisotopic (exact) mass is 336 g/mol. The van der Waals surface area contributed by atoms with Crippen molar-refractivity contribution in [2.24, 2.45) is 0 Å². The SMILES string of the molecule is C=C(C)COc1ccc(-c2nc3ccc(C)cn3c2C(O)CC)cc1. The van der Waals surface area contributed by atoms with Crippen molar-refractivity contribution < 1.29 is 9.84 Å². The molecular weight excluding hydrogens is 312 g/mol. The lowest BCUT2D eigenvalue weighted by Crippen LogP contribution is -2.02. The van der Waals surface area contributed by atoms with Gasteiger partial charge < -0.3 is 14.2 Å². The standard InChI is InChI=1S/C21H24N2O2/c1-5-18(24)21-20(22-19-11-6-15(4)12-23(19)21)16-7-9-17(10-8-16)25-13-14(2)3/h6-12,18,24H,2,5,13H2,1,3-4H3. The summed E-state index contributed by atoms with van der Waals surface area (Å²) in [4.78, 5) is 4.74. The molecule has 0 aliphatic rings. The van der Waals surface area contributed by atoms with Crippen molar-refractivity contribution in [2.75, 3.05) is 6.61 Å². The van der Waals surface area contributed by atoms with E-state index in [0.717, 1.165) is 39.5 Å². The number of nitrogens with zero attached hydrogens (tertiary/aromatic N) is 2. The first-order valence-corrected chi connectivity index (χ1v) is 8.54. The molecule has 0 saturated heterocycles. The highest BCUT2D eigenvalue weighted by Gasteiger charge is 2.19. The first-order chi connectivity index (χ1) is 12.0. The molecule has 0 bridgehead atoms. The molecule has 0 saturated carbocycles. The van der Waals surface area contributed by atoms with Crippen LogP contribution in [0.25, 0.3) is 16.9 Å². The van der Waals surface area contributed by atoms with Gasteiger partial charge in [0.2, 0.25) is 0 Å². The van der Waals surface area contributed by atoms with E-state index in [4.69, 9.17) is 9.72 Å². The lowest BCUT2D eigenvalue weighted by molar-refractivity contribution is 0.168. The molecule has 1 aromatic carbocycles. The summed E-state index contributed by atoms with van der Waals surface area (Å²) in [6.45, 7) is 10.3. The molecule has 4 heteroatoms. The van der Waals surface area contributed by atoms with Crippen molar-refractivity contribution in [3.05, 3.63) is 66.0 Å². The lowest BCUT2D eigenvalue weighted by atomic mass is 10.1. The van der Waals surface area contributed by atoms with Crippen molar-refractivity contribution in [1.29, 1.82) is 0 Å². The minimum atomic E-state index is -0.564. The third-order valence-corrected chi connectivity index (χ3v) is 4.12. The van der Waals surface area contributed by atoms with Crippen molar-refractivity contribution >= 4 is 5.65 Å². The molecule has 1 N–H and O–H groups in total. The number of benzene rings is 1. The summed E-state index contributed by atoms with van der Waals surface area (Å²) in [5.74, 6) is 0.795. The smallest absolute Gasteiger partial charge is 0.137 e. The van der Waals surface area contributed by atoms with Crippen LogP contribution in [0.2, 0.25) is 0 Å². The van der Waals surface area contributed by atoms with E-state index in [0.29, 0.717) is 13.0 Å². The lowest BCUT2D eigenvalue weighted by Gasteiger charge is -2.12. The second kappa shape index (κ2) is 7.11. The van der Waals surface area contributed by atoms with Gasteiger partial charge in [-0.15, -0.1) is 0 Å².